The van der Waals surface area contributed by atoms with E-state index in [1.54, 1.807) is 12.1 Å². The van der Waals surface area contributed by atoms with Crippen molar-refractivity contribution in [1.82, 2.24) is 4.90 Å². The number of nitrogens with one attached hydrogen (secondary N) is 1. The number of halogens is 3. The summed E-state index contributed by atoms with van der Waals surface area (Å²) in [4.78, 5) is 44.2. The number of fused-ring (bicyclic) bond motifs is 7. The first kappa shape index (κ1) is 20.1. The Labute approximate surface area is 193 Å². The molecule has 4 aliphatic rings. The highest BCUT2D eigenvalue weighted by atomic mass is 35.5. The van der Waals surface area contributed by atoms with Gasteiger partial charge in [0.1, 0.15) is 11.4 Å². The SMILES string of the molecule is Cc1c(Cl)ccc2c1NC(=O)[C@]21[C@H]2C(=O)N(c3ccc(F)c(Cl)c3)C(=O)[C@@H]2[C@H]2CCCN21. The minimum atomic E-state index is -1.28. The van der Waals surface area contributed by atoms with E-state index in [1.165, 1.54) is 12.1 Å². The Kier molecular flexibility index (Phi) is 4.11. The van der Waals surface area contributed by atoms with Crippen molar-refractivity contribution < 1.29 is 18.8 Å². The molecule has 2 aromatic carbocycles. The van der Waals surface area contributed by atoms with Gasteiger partial charge in [-0.05, 0) is 56.1 Å². The molecular formula is C23H18Cl2FN3O3. The summed E-state index contributed by atoms with van der Waals surface area (Å²) in [5, 5.41) is 3.30. The van der Waals surface area contributed by atoms with Crippen LogP contribution in [0.25, 0.3) is 0 Å². The summed E-state index contributed by atoms with van der Waals surface area (Å²) < 4.78 is 13.7. The van der Waals surface area contributed by atoms with Crippen molar-refractivity contribution in [3.63, 3.8) is 0 Å². The Morgan fingerprint density at radius 3 is 2.62 bits per heavy atom. The summed E-state index contributed by atoms with van der Waals surface area (Å²) in [6.45, 7) is 2.44. The van der Waals surface area contributed by atoms with E-state index in [2.05, 4.69) is 5.32 Å². The standard InChI is InChI=1S/C23H18Cl2FN3O3/c1-10-13(24)6-5-12-19(10)27-22(32)23(12)18-17(16-3-2-8-28(16)23)20(30)29(21(18)31)11-4-7-15(26)14(25)9-11/h4-7,9,16-18H,2-3,8H2,1H3,(H,27,32)/t16-,17-,18-,23-/m1/s1. The Balaban J connectivity index is 1.56. The van der Waals surface area contributed by atoms with E-state index in [9.17, 15) is 18.8 Å². The van der Waals surface area contributed by atoms with E-state index in [0.717, 1.165) is 29.4 Å². The number of anilines is 2. The number of carbonyl (C=O) groups excluding carboxylic acids is 3. The highest BCUT2D eigenvalue weighted by Crippen LogP contribution is 2.61. The lowest BCUT2D eigenvalue weighted by atomic mass is 9.75. The Hall–Kier alpha value is -2.48. The molecule has 4 atom stereocenters. The first-order valence-corrected chi connectivity index (χ1v) is 11.2. The number of rotatable bonds is 1. The van der Waals surface area contributed by atoms with E-state index < -0.39 is 29.1 Å². The second kappa shape index (κ2) is 6.53. The zero-order valence-corrected chi connectivity index (χ0v) is 18.5. The molecular weight excluding hydrogens is 456 g/mol. The fourth-order valence-electron chi connectivity index (χ4n) is 6.27. The monoisotopic (exact) mass is 473 g/mol. The molecule has 0 aromatic heterocycles. The second-order valence-electron chi connectivity index (χ2n) is 8.83. The predicted octanol–water partition coefficient (Wildman–Crippen LogP) is 3.87. The lowest BCUT2D eigenvalue weighted by molar-refractivity contribution is -0.135. The van der Waals surface area contributed by atoms with Crippen LogP contribution in [0.15, 0.2) is 30.3 Å². The first-order chi connectivity index (χ1) is 15.3. The largest absolute Gasteiger partial charge is 0.324 e. The van der Waals surface area contributed by atoms with Crippen molar-refractivity contribution in [2.45, 2.75) is 31.3 Å². The van der Waals surface area contributed by atoms with Gasteiger partial charge in [0.05, 0.1) is 28.2 Å². The zero-order chi connectivity index (χ0) is 22.5. The molecule has 0 aliphatic carbocycles. The molecule has 6 rings (SSSR count). The first-order valence-electron chi connectivity index (χ1n) is 10.5. The molecule has 0 saturated carbocycles. The van der Waals surface area contributed by atoms with Gasteiger partial charge in [-0.2, -0.15) is 0 Å². The predicted molar refractivity (Wildman–Crippen MR) is 117 cm³/mol. The van der Waals surface area contributed by atoms with Gasteiger partial charge in [0.25, 0.3) is 0 Å². The van der Waals surface area contributed by atoms with Crippen LogP contribution in [0, 0.1) is 24.6 Å². The molecule has 3 amide bonds. The van der Waals surface area contributed by atoms with Crippen LogP contribution in [-0.2, 0) is 19.9 Å². The summed E-state index contributed by atoms with van der Waals surface area (Å²) in [5.74, 6) is -3.33. The topological polar surface area (TPSA) is 69.7 Å². The van der Waals surface area contributed by atoms with Crippen molar-refractivity contribution in [3.8, 4) is 0 Å². The van der Waals surface area contributed by atoms with Gasteiger partial charge in [0, 0.05) is 16.6 Å². The molecule has 2 aromatic rings. The van der Waals surface area contributed by atoms with Crippen LogP contribution in [0.5, 0.6) is 0 Å². The number of hydrogen-bond acceptors (Lipinski definition) is 4. The average Bonchev–Trinajstić information content (AvgIpc) is 3.46. The third-order valence-corrected chi connectivity index (χ3v) is 8.22. The fraction of sp³-hybridized carbons (Fsp3) is 0.348. The molecule has 4 aliphatic heterocycles. The molecule has 1 spiro atoms. The highest BCUT2D eigenvalue weighted by Gasteiger charge is 2.74. The number of imide groups is 1. The molecule has 0 radical (unpaired) electrons. The molecule has 1 N–H and O–H groups in total. The summed E-state index contributed by atoms with van der Waals surface area (Å²) >= 11 is 12.2. The van der Waals surface area contributed by atoms with Crippen LogP contribution in [0.1, 0.15) is 24.0 Å². The van der Waals surface area contributed by atoms with Crippen molar-refractivity contribution in [1.29, 1.82) is 0 Å². The molecule has 0 bridgehead atoms. The molecule has 9 heteroatoms. The third-order valence-electron chi connectivity index (χ3n) is 7.52. The zero-order valence-electron chi connectivity index (χ0n) is 17.0. The lowest BCUT2D eigenvalue weighted by Crippen LogP contribution is -2.54. The lowest BCUT2D eigenvalue weighted by Gasteiger charge is -2.36. The quantitative estimate of drug-likeness (QED) is 0.638. The van der Waals surface area contributed by atoms with Crippen molar-refractivity contribution in [3.05, 3.63) is 57.3 Å². The maximum atomic E-state index is 13.8. The van der Waals surface area contributed by atoms with Gasteiger partial charge in [0.2, 0.25) is 17.7 Å². The Morgan fingerprint density at radius 2 is 1.88 bits per heavy atom. The Bertz CT molecular complexity index is 1250. The van der Waals surface area contributed by atoms with E-state index >= 15 is 0 Å². The van der Waals surface area contributed by atoms with Gasteiger partial charge in [-0.25, -0.2) is 9.29 Å². The van der Waals surface area contributed by atoms with Crippen LogP contribution in [0.4, 0.5) is 15.8 Å². The molecule has 3 fully saturated rings. The van der Waals surface area contributed by atoms with Gasteiger partial charge in [-0.1, -0.05) is 29.3 Å². The molecule has 164 valence electrons. The van der Waals surface area contributed by atoms with Gasteiger partial charge in [-0.3, -0.25) is 19.3 Å². The summed E-state index contributed by atoms with van der Waals surface area (Å²) in [7, 11) is 0. The van der Waals surface area contributed by atoms with Gasteiger partial charge in [-0.15, -0.1) is 0 Å². The van der Waals surface area contributed by atoms with Crippen molar-refractivity contribution >= 4 is 52.3 Å². The summed E-state index contributed by atoms with van der Waals surface area (Å²) in [6.07, 6.45) is 1.55. The van der Waals surface area contributed by atoms with E-state index in [1.807, 2.05) is 11.8 Å². The number of carbonyl (C=O) groups is 3. The van der Waals surface area contributed by atoms with E-state index in [4.69, 9.17) is 23.2 Å². The van der Waals surface area contributed by atoms with Crippen molar-refractivity contribution in [2.24, 2.45) is 11.8 Å². The van der Waals surface area contributed by atoms with Crippen LogP contribution in [-0.4, -0.2) is 35.2 Å². The van der Waals surface area contributed by atoms with Crippen LogP contribution >= 0.6 is 23.2 Å². The van der Waals surface area contributed by atoms with Gasteiger partial charge < -0.3 is 5.32 Å². The fourth-order valence-corrected chi connectivity index (χ4v) is 6.60. The van der Waals surface area contributed by atoms with Gasteiger partial charge in [0.15, 0.2) is 0 Å². The smallest absolute Gasteiger partial charge is 0.250 e. The van der Waals surface area contributed by atoms with E-state index in [-0.39, 0.29) is 28.6 Å². The highest BCUT2D eigenvalue weighted by molar-refractivity contribution is 6.33. The molecule has 6 nitrogen and oxygen atoms in total. The molecule has 32 heavy (non-hydrogen) atoms. The number of amides is 3. The van der Waals surface area contributed by atoms with Crippen LogP contribution in [0.3, 0.4) is 0 Å². The normalized spacial score (nSPS) is 30.8. The summed E-state index contributed by atoms with van der Waals surface area (Å²) in [5.41, 5.74) is 0.960. The van der Waals surface area contributed by atoms with Crippen LogP contribution in [0.2, 0.25) is 10.0 Å². The molecule has 3 saturated heterocycles. The number of hydrogen-bond donors (Lipinski definition) is 1. The second-order valence-corrected chi connectivity index (χ2v) is 9.65. The summed E-state index contributed by atoms with van der Waals surface area (Å²) in [6, 6.07) is 7.06. The minimum absolute atomic E-state index is 0.174. The maximum Gasteiger partial charge on any atom is 0.250 e. The van der Waals surface area contributed by atoms with Crippen LogP contribution < -0.4 is 10.2 Å². The molecule has 0 unspecified atom stereocenters. The minimum Gasteiger partial charge on any atom is -0.324 e. The molecule has 4 heterocycles. The maximum absolute atomic E-state index is 13.8. The van der Waals surface area contributed by atoms with Gasteiger partial charge >= 0.3 is 0 Å². The van der Waals surface area contributed by atoms with E-state index in [0.29, 0.717) is 22.8 Å². The Morgan fingerprint density at radius 1 is 1.09 bits per heavy atom. The third kappa shape index (κ3) is 2.21. The average molecular weight is 474 g/mol. The van der Waals surface area contributed by atoms with Crippen molar-refractivity contribution in [2.75, 3.05) is 16.8 Å². The number of nitrogens with zero attached hydrogens (tertiary/aromatic N) is 2. The number of benzene rings is 2.